The zero-order chi connectivity index (χ0) is 12.0. The summed E-state index contributed by atoms with van der Waals surface area (Å²) in [6, 6.07) is 9.82. The summed E-state index contributed by atoms with van der Waals surface area (Å²) in [5, 5.41) is 9.39. The molecular weight excluding hydrogens is 220 g/mol. The van der Waals surface area contributed by atoms with Crippen LogP contribution in [0.2, 0.25) is 0 Å². The van der Waals surface area contributed by atoms with E-state index in [-0.39, 0.29) is 10.9 Å². The van der Waals surface area contributed by atoms with E-state index in [0.29, 0.717) is 17.7 Å². The normalized spacial score (nSPS) is 12.1. The van der Waals surface area contributed by atoms with Crippen molar-refractivity contribution in [2.75, 3.05) is 0 Å². The largest absolute Gasteiger partial charge is 0.512 e. The van der Waals surface area contributed by atoms with E-state index in [1.165, 1.54) is 11.8 Å². The van der Waals surface area contributed by atoms with E-state index in [0.717, 1.165) is 5.56 Å². The summed E-state index contributed by atoms with van der Waals surface area (Å²) in [5.74, 6) is 0.833. The van der Waals surface area contributed by atoms with Crippen molar-refractivity contribution in [3.8, 4) is 0 Å². The maximum Gasteiger partial charge on any atom is 0.218 e. The maximum atomic E-state index is 11.7. The van der Waals surface area contributed by atoms with E-state index >= 15 is 0 Å². The number of benzene rings is 1. The van der Waals surface area contributed by atoms with Crippen LogP contribution in [0.5, 0.6) is 0 Å². The first-order valence-electron chi connectivity index (χ1n) is 5.25. The van der Waals surface area contributed by atoms with Gasteiger partial charge in [-0.3, -0.25) is 4.79 Å². The Balaban J connectivity index is 2.54. The Morgan fingerprint density at radius 3 is 2.50 bits per heavy atom. The molecule has 0 bridgehead atoms. The first kappa shape index (κ1) is 12.8. The van der Waals surface area contributed by atoms with Crippen LogP contribution in [0.4, 0.5) is 0 Å². The number of hydrogen-bond donors (Lipinski definition) is 1. The first-order chi connectivity index (χ1) is 7.65. The van der Waals surface area contributed by atoms with Crippen LogP contribution in [-0.2, 0) is 10.5 Å². The molecule has 0 saturated carbocycles. The lowest BCUT2D eigenvalue weighted by atomic mass is 10.2. The van der Waals surface area contributed by atoms with E-state index in [9.17, 15) is 9.90 Å². The van der Waals surface area contributed by atoms with Gasteiger partial charge in [-0.1, -0.05) is 49.0 Å². The van der Waals surface area contributed by atoms with E-state index in [1.54, 1.807) is 6.92 Å². The molecule has 0 aliphatic heterocycles. The summed E-state index contributed by atoms with van der Waals surface area (Å²) in [5.41, 5.74) is 1.58. The summed E-state index contributed by atoms with van der Waals surface area (Å²) in [6.45, 7) is 3.49. The minimum Gasteiger partial charge on any atom is -0.512 e. The zero-order valence-electron chi connectivity index (χ0n) is 9.56. The van der Waals surface area contributed by atoms with Crippen LogP contribution in [-0.4, -0.2) is 10.2 Å². The molecule has 0 aliphatic rings. The molecule has 0 heterocycles. The Hall–Kier alpha value is -1.22. The summed E-state index contributed by atoms with van der Waals surface area (Å²) in [4.78, 5) is 11.7. The van der Waals surface area contributed by atoms with Crippen LogP contribution in [0.15, 0.2) is 41.7 Å². The molecule has 0 aromatic heterocycles. The van der Waals surface area contributed by atoms with Gasteiger partial charge in [0.2, 0.25) is 5.12 Å². The van der Waals surface area contributed by atoms with Gasteiger partial charge >= 0.3 is 0 Å². The van der Waals surface area contributed by atoms with Crippen molar-refractivity contribution in [3.05, 3.63) is 47.2 Å². The summed E-state index contributed by atoms with van der Waals surface area (Å²) >= 11 is 1.22. The second-order valence-corrected chi connectivity index (χ2v) is 4.44. The predicted molar refractivity (Wildman–Crippen MR) is 68.4 cm³/mol. The smallest absolute Gasteiger partial charge is 0.218 e. The molecule has 2 nitrogen and oxygen atoms in total. The van der Waals surface area contributed by atoms with E-state index < -0.39 is 0 Å². The Morgan fingerprint density at radius 1 is 1.31 bits per heavy atom. The van der Waals surface area contributed by atoms with Crippen molar-refractivity contribution in [2.24, 2.45) is 0 Å². The number of aliphatic hydroxyl groups is 1. The van der Waals surface area contributed by atoms with Crippen molar-refractivity contribution in [3.63, 3.8) is 0 Å². The molecule has 0 radical (unpaired) electrons. The van der Waals surface area contributed by atoms with Crippen LogP contribution in [0.3, 0.4) is 0 Å². The minimum absolute atomic E-state index is 0.0526. The fraction of sp³-hybridized carbons (Fsp3) is 0.308. The van der Waals surface area contributed by atoms with Crippen molar-refractivity contribution < 1.29 is 9.90 Å². The lowest BCUT2D eigenvalue weighted by Gasteiger charge is -2.03. The van der Waals surface area contributed by atoms with Crippen LogP contribution >= 0.6 is 11.8 Å². The molecule has 1 rings (SSSR count). The molecule has 16 heavy (non-hydrogen) atoms. The molecule has 0 aliphatic carbocycles. The Bertz CT molecular complexity index is 382. The summed E-state index contributed by atoms with van der Waals surface area (Å²) in [7, 11) is 0. The van der Waals surface area contributed by atoms with Crippen molar-refractivity contribution in [1.29, 1.82) is 0 Å². The standard InChI is InChI=1S/C13H16O2S/c1-3-12(14)10(2)13(15)16-9-11-7-5-4-6-8-11/h4-8,14H,3,9H2,1-2H3/b12-10-. The molecule has 0 spiro atoms. The Morgan fingerprint density at radius 2 is 1.94 bits per heavy atom. The van der Waals surface area contributed by atoms with Crippen molar-refractivity contribution >= 4 is 16.9 Å². The third kappa shape index (κ3) is 3.74. The number of thioether (sulfide) groups is 1. The molecule has 1 N–H and O–H groups in total. The summed E-state index contributed by atoms with van der Waals surface area (Å²) < 4.78 is 0. The number of allylic oxidation sites excluding steroid dienone is 1. The first-order valence-corrected chi connectivity index (χ1v) is 6.23. The highest BCUT2D eigenvalue weighted by Gasteiger charge is 2.09. The average molecular weight is 236 g/mol. The van der Waals surface area contributed by atoms with Gasteiger partial charge in [0.05, 0.1) is 5.76 Å². The molecule has 0 atom stereocenters. The lowest BCUT2D eigenvalue weighted by molar-refractivity contribution is -0.108. The lowest BCUT2D eigenvalue weighted by Crippen LogP contribution is -1.98. The van der Waals surface area contributed by atoms with Gasteiger partial charge in [0, 0.05) is 17.7 Å². The fourth-order valence-corrected chi connectivity index (χ4v) is 2.04. The Kier molecular flexibility index (Phi) is 5.12. The highest BCUT2D eigenvalue weighted by atomic mass is 32.2. The fourth-order valence-electron chi connectivity index (χ4n) is 1.21. The highest BCUT2D eigenvalue weighted by molar-refractivity contribution is 8.13. The number of carbonyl (C=O) groups excluding carboxylic acids is 1. The second kappa shape index (κ2) is 6.38. The van der Waals surface area contributed by atoms with Crippen molar-refractivity contribution in [2.45, 2.75) is 26.0 Å². The third-order valence-corrected chi connectivity index (χ3v) is 3.33. The third-order valence-electron chi connectivity index (χ3n) is 2.29. The van der Waals surface area contributed by atoms with E-state index in [2.05, 4.69) is 0 Å². The number of aliphatic hydroxyl groups excluding tert-OH is 1. The molecule has 86 valence electrons. The molecule has 0 unspecified atom stereocenters. The number of carbonyl (C=O) groups is 1. The monoisotopic (exact) mass is 236 g/mol. The summed E-state index contributed by atoms with van der Waals surface area (Å²) in [6.07, 6.45) is 0.503. The minimum atomic E-state index is -0.0526. The molecule has 3 heteroatoms. The SMILES string of the molecule is CC/C(O)=C(\C)C(=O)SCc1ccccc1. The maximum absolute atomic E-state index is 11.7. The van der Waals surface area contributed by atoms with Gasteiger partial charge in [-0.05, 0) is 12.5 Å². The van der Waals surface area contributed by atoms with Gasteiger partial charge in [-0.25, -0.2) is 0 Å². The number of rotatable bonds is 4. The van der Waals surface area contributed by atoms with Gasteiger partial charge in [0.1, 0.15) is 0 Å². The van der Waals surface area contributed by atoms with Gasteiger partial charge in [0.15, 0.2) is 0 Å². The molecule has 0 fully saturated rings. The van der Waals surface area contributed by atoms with Gasteiger partial charge in [-0.2, -0.15) is 0 Å². The highest BCUT2D eigenvalue weighted by Crippen LogP contribution is 2.19. The number of hydrogen-bond acceptors (Lipinski definition) is 3. The molecule has 0 amide bonds. The van der Waals surface area contributed by atoms with E-state index in [4.69, 9.17) is 0 Å². The van der Waals surface area contributed by atoms with Crippen LogP contribution in [0.25, 0.3) is 0 Å². The molecule has 1 aromatic rings. The average Bonchev–Trinajstić information content (AvgIpc) is 2.35. The topological polar surface area (TPSA) is 37.3 Å². The van der Waals surface area contributed by atoms with E-state index in [1.807, 2.05) is 37.3 Å². The molecular formula is C13H16O2S. The predicted octanol–water partition coefficient (Wildman–Crippen LogP) is 3.69. The molecule has 1 aromatic carbocycles. The van der Waals surface area contributed by atoms with Gasteiger partial charge in [-0.15, -0.1) is 0 Å². The Labute approximate surface area is 100 Å². The van der Waals surface area contributed by atoms with Crippen LogP contribution in [0, 0.1) is 0 Å². The second-order valence-electron chi connectivity index (χ2n) is 3.49. The van der Waals surface area contributed by atoms with Crippen molar-refractivity contribution in [1.82, 2.24) is 0 Å². The van der Waals surface area contributed by atoms with Crippen LogP contribution < -0.4 is 0 Å². The molecule has 0 saturated heterocycles. The van der Waals surface area contributed by atoms with Gasteiger partial charge in [0.25, 0.3) is 0 Å². The zero-order valence-corrected chi connectivity index (χ0v) is 10.4. The van der Waals surface area contributed by atoms with Crippen LogP contribution in [0.1, 0.15) is 25.8 Å². The van der Waals surface area contributed by atoms with Gasteiger partial charge < -0.3 is 5.11 Å². The quantitative estimate of drug-likeness (QED) is 0.640.